The number of hydrogen-bond acceptors (Lipinski definition) is 3. The van der Waals surface area contributed by atoms with Crippen LogP contribution in [0.5, 0.6) is 0 Å². The SMILES string of the molecule is CCNC(=NCc1ccc(COCC(F)(F)F)cc1)NCCCn1cnc2ccccc21.I. The van der Waals surface area contributed by atoms with E-state index < -0.39 is 12.8 Å². The molecule has 180 valence electrons. The van der Waals surface area contributed by atoms with E-state index in [1.54, 1.807) is 12.1 Å². The monoisotopic (exact) mass is 575 g/mol. The lowest BCUT2D eigenvalue weighted by atomic mass is 10.1. The highest BCUT2D eigenvalue weighted by atomic mass is 127. The van der Waals surface area contributed by atoms with Crippen molar-refractivity contribution in [3.63, 3.8) is 0 Å². The molecule has 10 heteroatoms. The van der Waals surface area contributed by atoms with Crippen LogP contribution in [-0.4, -0.2) is 41.4 Å². The molecule has 2 N–H and O–H groups in total. The van der Waals surface area contributed by atoms with Crippen LogP contribution in [0.2, 0.25) is 0 Å². The lowest BCUT2D eigenvalue weighted by molar-refractivity contribution is -0.176. The van der Waals surface area contributed by atoms with Gasteiger partial charge in [-0.05, 0) is 36.6 Å². The lowest BCUT2D eigenvalue weighted by Crippen LogP contribution is -2.38. The summed E-state index contributed by atoms with van der Waals surface area (Å²) in [5.41, 5.74) is 3.78. The van der Waals surface area contributed by atoms with E-state index in [0.717, 1.165) is 48.6 Å². The first-order chi connectivity index (χ1) is 15.4. The van der Waals surface area contributed by atoms with Crippen molar-refractivity contribution in [3.8, 4) is 0 Å². The van der Waals surface area contributed by atoms with Gasteiger partial charge in [-0.15, -0.1) is 24.0 Å². The van der Waals surface area contributed by atoms with E-state index in [9.17, 15) is 13.2 Å². The summed E-state index contributed by atoms with van der Waals surface area (Å²) in [5.74, 6) is 0.723. The molecule has 0 aliphatic heterocycles. The number of alkyl halides is 3. The fourth-order valence-corrected chi connectivity index (χ4v) is 3.18. The maximum atomic E-state index is 12.2. The normalized spacial score (nSPS) is 11.9. The van der Waals surface area contributed by atoms with Gasteiger partial charge < -0.3 is 19.9 Å². The molecular weight excluding hydrogens is 546 g/mol. The number of halogens is 4. The number of aliphatic imine (C=N–C) groups is 1. The van der Waals surface area contributed by atoms with Crippen LogP contribution < -0.4 is 10.6 Å². The van der Waals surface area contributed by atoms with E-state index in [1.165, 1.54) is 0 Å². The summed E-state index contributed by atoms with van der Waals surface area (Å²) in [6, 6.07) is 15.3. The van der Waals surface area contributed by atoms with Crippen molar-refractivity contribution >= 4 is 41.0 Å². The van der Waals surface area contributed by atoms with E-state index in [-0.39, 0.29) is 30.6 Å². The summed E-state index contributed by atoms with van der Waals surface area (Å²) in [7, 11) is 0. The van der Waals surface area contributed by atoms with Gasteiger partial charge in [0.1, 0.15) is 6.61 Å². The van der Waals surface area contributed by atoms with E-state index >= 15 is 0 Å². The number of guanidine groups is 1. The molecule has 33 heavy (non-hydrogen) atoms. The zero-order valence-electron chi connectivity index (χ0n) is 18.4. The molecule has 0 amide bonds. The van der Waals surface area contributed by atoms with Gasteiger partial charge in [0, 0.05) is 19.6 Å². The summed E-state index contributed by atoms with van der Waals surface area (Å²) in [6.07, 6.45) is -1.53. The van der Waals surface area contributed by atoms with Gasteiger partial charge in [-0.3, -0.25) is 0 Å². The zero-order chi connectivity index (χ0) is 22.8. The van der Waals surface area contributed by atoms with E-state index in [1.807, 2.05) is 43.6 Å². The molecule has 0 atom stereocenters. The van der Waals surface area contributed by atoms with Crippen molar-refractivity contribution in [1.82, 2.24) is 20.2 Å². The van der Waals surface area contributed by atoms with Gasteiger partial charge in [0.15, 0.2) is 5.96 Å². The minimum atomic E-state index is -4.31. The Hall–Kier alpha value is -2.34. The fourth-order valence-electron chi connectivity index (χ4n) is 3.18. The first-order valence-electron chi connectivity index (χ1n) is 10.6. The van der Waals surface area contributed by atoms with Crippen LogP contribution in [0.15, 0.2) is 59.9 Å². The lowest BCUT2D eigenvalue weighted by Gasteiger charge is -2.12. The van der Waals surface area contributed by atoms with Gasteiger partial charge in [0.2, 0.25) is 0 Å². The number of imidazole rings is 1. The van der Waals surface area contributed by atoms with Crippen LogP contribution in [0, 0.1) is 0 Å². The fraction of sp³-hybridized carbons (Fsp3) is 0.391. The van der Waals surface area contributed by atoms with Gasteiger partial charge in [-0.2, -0.15) is 13.2 Å². The van der Waals surface area contributed by atoms with E-state index in [0.29, 0.717) is 12.1 Å². The number of aryl methyl sites for hydroxylation is 1. The zero-order valence-corrected chi connectivity index (χ0v) is 20.8. The van der Waals surface area contributed by atoms with Crippen LogP contribution in [0.25, 0.3) is 11.0 Å². The minimum Gasteiger partial charge on any atom is -0.367 e. The quantitative estimate of drug-likeness (QED) is 0.157. The molecule has 1 heterocycles. The standard InChI is InChI=1S/C23H28F3N5O.HI/c1-2-27-22(28-12-5-13-31-17-30-20-6-3-4-7-21(20)31)29-14-18-8-10-19(11-9-18)15-32-16-23(24,25)26;/h3-4,6-11,17H,2,5,12-16H2,1H3,(H2,27,28,29);1H. The number of ether oxygens (including phenoxy) is 1. The predicted octanol–water partition coefficient (Wildman–Crippen LogP) is 4.88. The topological polar surface area (TPSA) is 63.5 Å². The second-order valence-electron chi connectivity index (χ2n) is 7.33. The second kappa shape index (κ2) is 13.4. The summed E-state index contributed by atoms with van der Waals surface area (Å²) < 4.78 is 43.3. The highest BCUT2D eigenvalue weighted by molar-refractivity contribution is 14.0. The number of hydrogen-bond donors (Lipinski definition) is 2. The smallest absolute Gasteiger partial charge is 0.367 e. The molecule has 0 fully saturated rings. The molecule has 0 saturated heterocycles. The summed E-state index contributed by atoms with van der Waals surface area (Å²) in [5, 5.41) is 6.56. The Morgan fingerprint density at radius 1 is 1.06 bits per heavy atom. The van der Waals surface area contributed by atoms with Gasteiger partial charge in [-0.25, -0.2) is 9.98 Å². The Morgan fingerprint density at radius 2 is 1.79 bits per heavy atom. The number of nitrogens with one attached hydrogen (secondary N) is 2. The third-order valence-corrected chi connectivity index (χ3v) is 4.72. The maximum absolute atomic E-state index is 12.2. The Kier molecular flexibility index (Phi) is 10.9. The van der Waals surface area contributed by atoms with Crippen LogP contribution >= 0.6 is 24.0 Å². The number of aromatic nitrogens is 2. The summed E-state index contributed by atoms with van der Waals surface area (Å²) in [6.45, 7) is 3.51. The van der Waals surface area contributed by atoms with Crippen molar-refractivity contribution in [3.05, 3.63) is 66.0 Å². The molecule has 0 aliphatic rings. The minimum absolute atomic E-state index is 0. The van der Waals surface area contributed by atoms with Gasteiger partial charge >= 0.3 is 6.18 Å². The average molecular weight is 575 g/mol. The molecule has 6 nitrogen and oxygen atoms in total. The molecular formula is C23H29F3IN5O. The third-order valence-electron chi connectivity index (χ3n) is 4.72. The second-order valence-corrected chi connectivity index (χ2v) is 7.33. The molecule has 3 rings (SSSR count). The van der Waals surface area contributed by atoms with Crippen molar-refractivity contribution in [2.75, 3.05) is 19.7 Å². The Labute approximate surface area is 208 Å². The van der Waals surface area contributed by atoms with E-state index in [4.69, 9.17) is 0 Å². The molecule has 0 unspecified atom stereocenters. The van der Waals surface area contributed by atoms with Crippen molar-refractivity contribution < 1.29 is 17.9 Å². The number of para-hydroxylation sites is 2. The number of fused-ring (bicyclic) bond motifs is 1. The van der Waals surface area contributed by atoms with Gasteiger partial charge in [0.05, 0.1) is 30.5 Å². The first-order valence-corrected chi connectivity index (χ1v) is 10.6. The van der Waals surface area contributed by atoms with Crippen molar-refractivity contribution in [2.45, 2.75) is 39.2 Å². The Morgan fingerprint density at radius 3 is 2.52 bits per heavy atom. The van der Waals surface area contributed by atoms with Crippen molar-refractivity contribution in [1.29, 1.82) is 0 Å². The molecule has 0 spiro atoms. The van der Waals surface area contributed by atoms with Crippen LogP contribution in [-0.2, 0) is 24.4 Å². The van der Waals surface area contributed by atoms with Crippen LogP contribution in [0.3, 0.4) is 0 Å². The van der Waals surface area contributed by atoms with Crippen LogP contribution in [0.4, 0.5) is 13.2 Å². The molecule has 0 aliphatic carbocycles. The number of nitrogens with zero attached hydrogens (tertiary/aromatic N) is 3. The van der Waals surface area contributed by atoms with Crippen molar-refractivity contribution in [2.24, 2.45) is 4.99 Å². The largest absolute Gasteiger partial charge is 0.411 e. The van der Waals surface area contributed by atoms with Crippen LogP contribution in [0.1, 0.15) is 24.5 Å². The maximum Gasteiger partial charge on any atom is 0.411 e. The Balaban J connectivity index is 0.00000385. The highest BCUT2D eigenvalue weighted by Crippen LogP contribution is 2.16. The summed E-state index contributed by atoms with van der Waals surface area (Å²) in [4.78, 5) is 8.99. The Bertz CT molecular complexity index is 1010. The first kappa shape index (κ1) is 26.9. The molecule has 1 aromatic heterocycles. The number of benzene rings is 2. The molecule has 2 aromatic carbocycles. The summed E-state index contributed by atoms with van der Waals surface area (Å²) >= 11 is 0. The number of rotatable bonds is 10. The molecule has 0 bridgehead atoms. The molecule has 3 aromatic rings. The van der Waals surface area contributed by atoms with Gasteiger partial charge in [0.25, 0.3) is 0 Å². The average Bonchev–Trinajstić information content (AvgIpc) is 3.18. The highest BCUT2D eigenvalue weighted by Gasteiger charge is 2.27. The van der Waals surface area contributed by atoms with E-state index in [2.05, 4.69) is 36.0 Å². The van der Waals surface area contributed by atoms with Gasteiger partial charge in [-0.1, -0.05) is 36.4 Å². The predicted molar refractivity (Wildman–Crippen MR) is 135 cm³/mol. The molecule has 0 saturated carbocycles. The molecule has 0 radical (unpaired) electrons. The third kappa shape index (κ3) is 9.20.